The summed E-state index contributed by atoms with van der Waals surface area (Å²) in [7, 11) is 0. The van der Waals surface area contributed by atoms with Crippen molar-refractivity contribution >= 4 is 23.4 Å². The van der Waals surface area contributed by atoms with Crippen molar-refractivity contribution in [2.24, 2.45) is 0 Å². The van der Waals surface area contributed by atoms with E-state index in [-0.39, 0.29) is 11.2 Å². The fourth-order valence-electron chi connectivity index (χ4n) is 3.06. The maximum Gasteiger partial charge on any atom is 0.237 e. The van der Waals surface area contributed by atoms with Crippen molar-refractivity contribution in [3.63, 3.8) is 0 Å². The molecule has 0 aliphatic carbocycles. The number of carbonyl (C=O) groups is 1. The van der Waals surface area contributed by atoms with E-state index in [2.05, 4.69) is 48.4 Å². The first-order valence-electron chi connectivity index (χ1n) is 10.1. The van der Waals surface area contributed by atoms with Gasteiger partial charge in [0, 0.05) is 12.2 Å². The number of benzene rings is 1. The second-order valence-electron chi connectivity index (χ2n) is 7.19. The lowest BCUT2D eigenvalue weighted by Crippen LogP contribution is -2.25. The second-order valence-corrected chi connectivity index (χ2v) is 8.36. The Kier molecular flexibility index (Phi) is 7.14. The molecule has 2 heterocycles. The van der Waals surface area contributed by atoms with Crippen LogP contribution >= 0.6 is 11.8 Å². The molecule has 3 rings (SSSR count). The lowest BCUT2D eigenvalue weighted by molar-refractivity contribution is -0.115. The molecule has 6 nitrogen and oxygen atoms in total. The summed E-state index contributed by atoms with van der Waals surface area (Å²) in [5.41, 5.74) is 2.07. The van der Waals surface area contributed by atoms with Gasteiger partial charge in [0.1, 0.15) is 0 Å². The van der Waals surface area contributed by atoms with Gasteiger partial charge in [-0.25, -0.2) is 0 Å². The van der Waals surface area contributed by atoms with Gasteiger partial charge in [-0.05, 0) is 49.1 Å². The molecule has 0 bridgehead atoms. The smallest absolute Gasteiger partial charge is 0.237 e. The maximum atomic E-state index is 13.0. The van der Waals surface area contributed by atoms with Crippen LogP contribution in [0.3, 0.4) is 0 Å². The van der Waals surface area contributed by atoms with Gasteiger partial charge in [-0.2, -0.15) is 0 Å². The summed E-state index contributed by atoms with van der Waals surface area (Å²) in [5, 5.41) is 12.1. The van der Waals surface area contributed by atoms with E-state index in [0.717, 1.165) is 23.7 Å². The summed E-state index contributed by atoms with van der Waals surface area (Å²) in [6.45, 7) is 9.12. The molecule has 2 aromatic heterocycles. The van der Waals surface area contributed by atoms with E-state index in [1.165, 1.54) is 17.3 Å². The van der Waals surface area contributed by atoms with Crippen LogP contribution in [0, 0.1) is 0 Å². The third kappa shape index (κ3) is 5.09. The minimum atomic E-state index is -0.247. The largest absolute Gasteiger partial charge is 0.461 e. The van der Waals surface area contributed by atoms with Crippen LogP contribution in [-0.4, -0.2) is 25.9 Å². The number of nitrogens with zero attached hydrogens (tertiary/aromatic N) is 3. The number of furan rings is 1. The molecule has 1 unspecified atom stereocenters. The third-order valence-electron chi connectivity index (χ3n) is 4.71. The maximum absolute atomic E-state index is 13.0. The molecule has 1 aromatic carbocycles. The standard InChI is InChI=1S/C22H28N4O2S/c1-5-8-19(21(27)23-17-12-10-16(11-13-17)15(3)4)29-22-25-24-20(26(22)6-2)18-9-7-14-28-18/h7,9-15,19H,5-6,8H2,1-4H3,(H,23,27). The van der Waals surface area contributed by atoms with Crippen LogP contribution in [0.25, 0.3) is 11.6 Å². The van der Waals surface area contributed by atoms with Crippen LogP contribution in [0.1, 0.15) is 52.0 Å². The summed E-state index contributed by atoms with van der Waals surface area (Å²) in [5.74, 6) is 1.80. The fourth-order valence-corrected chi connectivity index (χ4v) is 4.26. The molecule has 0 aliphatic rings. The second kappa shape index (κ2) is 9.78. The van der Waals surface area contributed by atoms with Crippen LogP contribution in [-0.2, 0) is 11.3 Å². The van der Waals surface area contributed by atoms with Crippen molar-refractivity contribution in [3.05, 3.63) is 48.2 Å². The van der Waals surface area contributed by atoms with Gasteiger partial charge in [-0.1, -0.05) is 51.1 Å². The molecule has 3 aromatic rings. The minimum absolute atomic E-state index is 0.0145. The van der Waals surface area contributed by atoms with Crippen molar-refractivity contribution in [2.75, 3.05) is 5.32 Å². The number of amides is 1. The average Bonchev–Trinajstić information content (AvgIpc) is 3.37. The van der Waals surface area contributed by atoms with E-state index in [0.29, 0.717) is 24.0 Å². The average molecular weight is 413 g/mol. The summed E-state index contributed by atoms with van der Waals surface area (Å²) < 4.78 is 7.45. The highest BCUT2D eigenvalue weighted by molar-refractivity contribution is 8.00. The SMILES string of the molecule is CCCC(Sc1nnc(-c2ccco2)n1CC)C(=O)Nc1ccc(C(C)C)cc1. The summed E-state index contributed by atoms with van der Waals surface area (Å²) in [6.07, 6.45) is 3.28. The van der Waals surface area contributed by atoms with E-state index in [9.17, 15) is 4.79 Å². The van der Waals surface area contributed by atoms with Crippen LogP contribution < -0.4 is 5.32 Å². The molecule has 1 N–H and O–H groups in total. The number of carbonyl (C=O) groups excluding carboxylic acids is 1. The van der Waals surface area contributed by atoms with Gasteiger partial charge < -0.3 is 9.73 Å². The number of hydrogen-bond acceptors (Lipinski definition) is 5. The van der Waals surface area contributed by atoms with Gasteiger partial charge in [0.25, 0.3) is 0 Å². The third-order valence-corrected chi connectivity index (χ3v) is 5.96. The molecule has 0 saturated heterocycles. The van der Waals surface area contributed by atoms with Crippen molar-refractivity contribution in [3.8, 4) is 11.6 Å². The highest BCUT2D eigenvalue weighted by Crippen LogP contribution is 2.30. The van der Waals surface area contributed by atoms with Gasteiger partial charge in [0.15, 0.2) is 16.7 Å². The molecule has 154 valence electrons. The zero-order valence-corrected chi connectivity index (χ0v) is 18.2. The molecule has 29 heavy (non-hydrogen) atoms. The van der Waals surface area contributed by atoms with E-state index >= 15 is 0 Å². The molecular weight excluding hydrogens is 384 g/mol. The van der Waals surface area contributed by atoms with Crippen LogP contribution in [0.5, 0.6) is 0 Å². The van der Waals surface area contributed by atoms with E-state index in [4.69, 9.17) is 4.42 Å². The number of aromatic nitrogens is 3. The Bertz CT molecular complexity index is 917. The minimum Gasteiger partial charge on any atom is -0.461 e. The van der Waals surface area contributed by atoms with Crippen LogP contribution in [0.15, 0.2) is 52.2 Å². The van der Waals surface area contributed by atoms with Gasteiger partial charge in [0.05, 0.1) is 11.5 Å². The first kappa shape index (κ1) is 21.2. The quantitative estimate of drug-likeness (QED) is 0.464. The zero-order valence-electron chi connectivity index (χ0n) is 17.4. The molecule has 1 atom stereocenters. The van der Waals surface area contributed by atoms with Crippen LogP contribution in [0.2, 0.25) is 0 Å². The Morgan fingerprint density at radius 3 is 2.52 bits per heavy atom. The van der Waals surface area contributed by atoms with E-state index in [1.54, 1.807) is 6.26 Å². The topological polar surface area (TPSA) is 73.0 Å². The van der Waals surface area contributed by atoms with Crippen LogP contribution in [0.4, 0.5) is 5.69 Å². The normalized spacial score (nSPS) is 12.3. The fraction of sp³-hybridized carbons (Fsp3) is 0.409. The summed E-state index contributed by atoms with van der Waals surface area (Å²) >= 11 is 1.45. The van der Waals surface area contributed by atoms with Gasteiger partial charge in [-0.15, -0.1) is 10.2 Å². The molecule has 0 saturated carbocycles. The predicted molar refractivity (Wildman–Crippen MR) is 117 cm³/mol. The van der Waals surface area contributed by atoms with Crippen molar-refractivity contribution < 1.29 is 9.21 Å². The molecule has 0 spiro atoms. The highest BCUT2D eigenvalue weighted by Gasteiger charge is 2.24. The number of nitrogens with one attached hydrogen (secondary N) is 1. The molecule has 0 radical (unpaired) electrons. The molecule has 0 fully saturated rings. The van der Waals surface area contributed by atoms with E-state index < -0.39 is 0 Å². The lowest BCUT2D eigenvalue weighted by atomic mass is 10.0. The Morgan fingerprint density at radius 1 is 1.17 bits per heavy atom. The Morgan fingerprint density at radius 2 is 1.93 bits per heavy atom. The zero-order chi connectivity index (χ0) is 20.8. The molecular formula is C22H28N4O2S. The molecule has 0 aliphatic heterocycles. The number of anilines is 1. The van der Waals surface area contributed by atoms with Crippen molar-refractivity contribution in [1.82, 2.24) is 14.8 Å². The summed E-state index contributed by atoms with van der Waals surface area (Å²) in [4.78, 5) is 13.0. The first-order chi connectivity index (χ1) is 14.0. The van der Waals surface area contributed by atoms with E-state index in [1.807, 2.05) is 35.8 Å². The number of rotatable bonds is 9. The number of thioether (sulfide) groups is 1. The Balaban J connectivity index is 1.75. The Hall–Kier alpha value is -2.54. The van der Waals surface area contributed by atoms with Gasteiger partial charge in [-0.3, -0.25) is 9.36 Å². The lowest BCUT2D eigenvalue weighted by Gasteiger charge is -2.16. The summed E-state index contributed by atoms with van der Waals surface area (Å²) in [6, 6.07) is 11.7. The molecule has 1 amide bonds. The first-order valence-corrected chi connectivity index (χ1v) is 11.0. The Labute approximate surface area is 176 Å². The monoisotopic (exact) mass is 412 g/mol. The van der Waals surface area contributed by atoms with Crippen molar-refractivity contribution in [1.29, 1.82) is 0 Å². The van der Waals surface area contributed by atoms with Gasteiger partial charge >= 0.3 is 0 Å². The number of hydrogen-bond donors (Lipinski definition) is 1. The molecule has 7 heteroatoms. The predicted octanol–water partition coefficient (Wildman–Crippen LogP) is 5.58. The van der Waals surface area contributed by atoms with Gasteiger partial charge in [0.2, 0.25) is 5.91 Å². The highest BCUT2D eigenvalue weighted by atomic mass is 32.2. The van der Waals surface area contributed by atoms with Crippen molar-refractivity contribution in [2.45, 2.75) is 63.4 Å².